The lowest BCUT2D eigenvalue weighted by Crippen LogP contribution is -2.37. The fourth-order valence-electron chi connectivity index (χ4n) is 2.64. The van der Waals surface area contributed by atoms with Crippen LogP contribution in [0, 0.1) is 12.8 Å². The highest BCUT2D eigenvalue weighted by Gasteiger charge is 2.26. The van der Waals surface area contributed by atoms with Crippen LogP contribution in [-0.4, -0.2) is 59.6 Å². The molecule has 0 saturated carbocycles. The van der Waals surface area contributed by atoms with Crippen molar-refractivity contribution < 1.29 is 14.3 Å². The summed E-state index contributed by atoms with van der Waals surface area (Å²) >= 11 is 1.49. The maximum atomic E-state index is 12.9. The van der Waals surface area contributed by atoms with Gasteiger partial charge in [0.25, 0.3) is 5.91 Å². The third-order valence-corrected chi connectivity index (χ3v) is 5.53. The summed E-state index contributed by atoms with van der Waals surface area (Å²) in [6, 6.07) is 0. The lowest BCUT2D eigenvalue weighted by atomic mass is 10.2. The number of carbonyl (C=O) groups is 2. The monoisotopic (exact) mass is 367 g/mol. The molecule has 1 aromatic rings. The molecule has 1 saturated heterocycles. The first-order chi connectivity index (χ1) is 11.8. The zero-order valence-corrected chi connectivity index (χ0v) is 16.7. The van der Waals surface area contributed by atoms with Crippen molar-refractivity contribution >= 4 is 23.3 Å². The Bertz CT molecular complexity index is 613. The van der Waals surface area contributed by atoms with Gasteiger partial charge in [-0.2, -0.15) is 0 Å². The average Bonchev–Trinajstić information content (AvgIpc) is 2.79. The number of nitrogens with zero attached hydrogens (tertiary/aromatic N) is 3. The van der Waals surface area contributed by atoms with Gasteiger partial charge in [-0.15, -0.1) is 11.3 Å². The number of ether oxygens (including phenoxy) is 1. The van der Waals surface area contributed by atoms with Crippen LogP contribution < -0.4 is 0 Å². The van der Waals surface area contributed by atoms with Crippen LogP contribution in [0.5, 0.6) is 0 Å². The number of thiazole rings is 1. The SMILES string of the molecule is Cc1nc(C(C)C)sc1C(=O)N1CCCN(C(=O)OCC(C)C)CC1. The summed E-state index contributed by atoms with van der Waals surface area (Å²) in [6.07, 6.45) is 0.483. The highest BCUT2D eigenvalue weighted by Crippen LogP contribution is 2.26. The molecule has 1 aliphatic heterocycles. The van der Waals surface area contributed by atoms with Crippen LogP contribution in [0.25, 0.3) is 0 Å². The Morgan fingerprint density at radius 1 is 1.12 bits per heavy atom. The van der Waals surface area contributed by atoms with Gasteiger partial charge in [0.1, 0.15) is 4.88 Å². The van der Waals surface area contributed by atoms with E-state index in [1.807, 2.05) is 25.7 Å². The van der Waals surface area contributed by atoms with Gasteiger partial charge in [0.2, 0.25) is 0 Å². The fourth-order valence-corrected chi connectivity index (χ4v) is 3.68. The minimum Gasteiger partial charge on any atom is -0.449 e. The molecule has 6 nitrogen and oxygen atoms in total. The van der Waals surface area contributed by atoms with Crippen LogP contribution in [-0.2, 0) is 4.74 Å². The first-order valence-corrected chi connectivity index (χ1v) is 9.79. The van der Waals surface area contributed by atoms with E-state index >= 15 is 0 Å². The van der Waals surface area contributed by atoms with Crippen molar-refractivity contribution in [1.82, 2.24) is 14.8 Å². The van der Waals surface area contributed by atoms with Gasteiger partial charge in [0, 0.05) is 32.1 Å². The molecule has 0 atom stereocenters. The number of hydrogen-bond donors (Lipinski definition) is 0. The summed E-state index contributed by atoms with van der Waals surface area (Å²) in [5.74, 6) is 0.665. The summed E-state index contributed by atoms with van der Waals surface area (Å²) in [6.45, 7) is 12.8. The first kappa shape index (κ1) is 19.7. The van der Waals surface area contributed by atoms with Crippen molar-refractivity contribution in [2.45, 2.75) is 47.0 Å². The van der Waals surface area contributed by atoms with E-state index < -0.39 is 0 Å². The van der Waals surface area contributed by atoms with Crippen LogP contribution in [0.15, 0.2) is 0 Å². The van der Waals surface area contributed by atoms with Crippen molar-refractivity contribution in [2.75, 3.05) is 32.8 Å². The predicted octanol–water partition coefficient (Wildman–Crippen LogP) is 3.52. The molecule has 0 aliphatic carbocycles. The van der Waals surface area contributed by atoms with E-state index in [1.54, 1.807) is 4.90 Å². The Balaban J connectivity index is 1.98. The largest absolute Gasteiger partial charge is 0.449 e. The van der Waals surface area contributed by atoms with Crippen LogP contribution >= 0.6 is 11.3 Å². The van der Waals surface area contributed by atoms with Gasteiger partial charge in [-0.25, -0.2) is 9.78 Å². The zero-order valence-electron chi connectivity index (χ0n) is 15.9. The predicted molar refractivity (Wildman–Crippen MR) is 99.2 cm³/mol. The smallest absolute Gasteiger partial charge is 0.409 e. The molecule has 0 N–H and O–H groups in total. The van der Waals surface area contributed by atoms with Gasteiger partial charge in [0.05, 0.1) is 17.3 Å². The molecular formula is C18H29N3O3S. The minimum atomic E-state index is -0.279. The second-order valence-corrected chi connectivity index (χ2v) is 8.26. The van der Waals surface area contributed by atoms with Gasteiger partial charge in [-0.05, 0) is 19.3 Å². The normalized spacial score (nSPS) is 15.6. The average molecular weight is 368 g/mol. The van der Waals surface area contributed by atoms with Gasteiger partial charge >= 0.3 is 6.09 Å². The molecule has 0 radical (unpaired) electrons. The van der Waals surface area contributed by atoms with Crippen molar-refractivity contribution in [1.29, 1.82) is 0 Å². The summed E-state index contributed by atoms with van der Waals surface area (Å²) in [4.78, 5) is 33.8. The quantitative estimate of drug-likeness (QED) is 0.817. The highest BCUT2D eigenvalue weighted by atomic mass is 32.1. The van der Waals surface area contributed by atoms with E-state index in [0.29, 0.717) is 44.6 Å². The Labute approximate surface area is 154 Å². The summed E-state index contributed by atoms with van der Waals surface area (Å²) in [7, 11) is 0. The van der Waals surface area contributed by atoms with Crippen LogP contribution in [0.2, 0.25) is 0 Å². The molecule has 2 amide bonds. The Hall–Kier alpha value is -1.63. The second kappa shape index (κ2) is 8.65. The number of hydrogen-bond acceptors (Lipinski definition) is 5. The van der Waals surface area contributed by atoms with Crippen LogP contribution in [0.4, 0.5) is 4.79 Å². The number of carbonyl (C=O) groups excluding carboxylic acids is 2. The van der Waals surface area contributed by atoms with Crippen molar-refractivity contribution in [2.24, 2.45) is 5.92 Å². The Morgan fingerprint density at radius 3 is 2.36 bits per heavy atom. The molecule has 1 fully saturated rings. The third kappa shape index (κ3) is 5.17. The molecular weight excluding hydrogens is 338 g/mol. The minimum absolute atomic E-state index is 0.0271. The van der Waals surface area contributed by atoms with E-state index in [1.165, 1.54) is 11.3 Å². The maximum Gasteiger partial charge on any atom is 0.409 e. The van der Waals surface area contributed by atoms with Gasteiger partial charge in [-0.1, -0.05) is 27.7 Å². The van der Waals surface area contributed by atoms with Crippen LogP contribution in [0.3, 0.4) is 0 Å². The van der Waals surface area contributed by atoms with Crippen molar-refractivity contribution in [3.8, 4) is 0 Å². The standard InChI is InChI=1S/C18H29N3O3S/c1-12(2)11-24-18(23)21-8-6-7-20(9-10-21)17(22)15-14(5)19-16(25-15)13(3)4/h12-13H,6-11H2,1-5H3. The topological polar surface area (TPSA) is 62.7 Å². The molecule has 25 heavy (non-hydrogen) atoms. The molecule has 0 bridgehead atoms. The number of amides is 2. The number of rotatable bonds is 4. The van der Waals surface area contributed by atoms with Gasteiger partial charge in [-0.3, -0.25) is 4.79 Å². The number of aryl methyl sites for hydroxylation is 1. The lowest BCUT2D eigenvalue weighted by molar-refractivity contribution is 0.0750. The lowest BCUT2D eigenvalue weighted by Gasteiger charge is -2.22. The second-order valence-electron chi connectivity index (χ2n) is 7.22. The molecule has 140 valence electrons. The molecule has 1 aliphatic rings. The first-order valence-electron chi connectivity index (χ1n) is 8.97. The van der Waals surface area contributed by atoms with Crippen LogP contribution in [0.1, 0.15) is 60.4 Å². The van der Waals surface area contributed by atoms with Gasteiger partial charge < -0.3 is 14.5 Å². The van der Waals surface area contributed by atoms with E-state index in [4.69, 9.17) is 4.74 Å². The van der Waals surface area contributed by atoms with E-state index in [2.05, 4.69) is 18.8 Å². The van der Waals surface area contributed by atoms with Crippen molar-refractivity contribution in [3.63, 3.8) is 0 Å². The van der Waals surface area contributed by atoms with Gasteiger partial charge in [0.15, 0.2) is 0 Å². The summed E-state index contributed by atoms with van der Waals surface area (Å²) in [5, 5.41) is 0.995. The maximum absolute atomic E-state index is 12.9. The molecule has 1 aromatic heterocycles. The molecule has 2 heterocycles. The van der Waals surface area contributed by atoms with Crippen molar-refractivity contribution in [3.05, 3.63) is 15.6 Å². The zero-order chi connectivity index (χ0) is 18.6. The Kier molecular flexibility index (Phi) is 6.81. The van der Waals surface area contributed by atoms with E-state index in [-0.39, 0.29) is 12.0 Å². The molecule has 0 aromatic carbocycles. The van der Waals surface area contributed by atoms with E-state index in [0.717, 1.165) is 22.0 Å². The molecule has 7 heteroatoms. The number of aromatic nitrogens is 1. The molecule has 2 rings (SSSR count). The molecule has 0 unspecified atom stereocenters. The third-order valence-electron chi connectivity index (χ3n) is 4.08. The fraction of sp³-hybridized carbons (Fsp3) is 0.722. The summed E-state index contributed by atoms with van der Waals surface area (Å²) in [5.41, 5.74) is 0.802. The highest BCUT2D eigenvalue weighted by molar-refractivity contribution is 7.13. The van der Waals surface area contributed by atoms with E-state index in [9.17, 15) is 9.59 Å². The Morgan fingerprint density at radius 2 is 1.76 bits per heavy atom. The molecule has 0 spiro atoms. The summed E-state index contributed by atoms with van der Waals surface area (Å²) < 4.78 is 5.30.